The van der Waals surface area contributed by atoms with Gasteiger partial charge in [-0.25, -0.2) is 0 Å². The Bertz CT molecular complexity index is 2440. The number of ether oxygens (including phenoxy) is 5. The van der Waals surface area contributed by atoms with E-state index in [1.165, 1.54) is 0 Å². The van der Waals surface area contributed by atoms with Crippen LogP contribution in [-0.4, -0.2) is 90.7 Å². The Morgan fingerprint density at radius 2 is 1.30 bits per heavy atom. The summed E-state index contributed by atoms with van der Waals surface area (Å²) in [7, 11) is 3.95. The van der Waals surface area contributed by atoms with Crippen LogP contribution in [0.1, 0.15) is 96.9 Å². The molecule has 5 aromatic rings. The van der Waals surface area contributed by atoms with Gasteiger partial charge in [0.15, 0.2) is 5.60 Å². The Kier molecular flexibility index (Phi) is 16.2. The average Bonchev–Trinajstić information content (AvgIpc) is 3.98. The Morgan fingerprint density at radius 1 is 0.739 bits per heavy atom. The van der Waals surface area contributed by atoms with E-state index in [0.717, 1.165) is 70.3 Å². The fraction of sp³-hybridized carbons (Fsp3) is 0.448. The zero-order valence-corrected chi connectivity index (χ0v) is 41.1. The average molecular weight is 938 g/mol. The number of rotatable bonds is 22. The first-order valence-corrected chi connectivity index (χ1v) is 24.7. The molecule has 2 amide bonds. The van der Waals surface area contributed by atoms with Crippen LogP contribution in [-0.2, 0) is 71.7 Å². The number of nitrogens with one attached hydrogen (secondary N) is 2. The number of carbonyl (C=O) groups excluding carboxylic acids is 2. The number of benzene rings is 5. The molecule has 3 aliphatic rings. The van der Waals surface area contributed by atoms with Gasteiger partial charge in [0.2, 0.25) is 17.6 Å². The van der Waals surface area contributed by atoms with E-state index in [0.29, 0.717) is 38.6 Å². The zero-order chi connectivity index (χ0) is 48.5. The maximum absolute atomic E-state index is 13.2. The monoisotopic (exact) mass is 938 g/mol. The molecule has 11 nitrogen and oxygen atoms in total. The first kappa shape index (κ1) is 50.2. The molecule has 11 heteroatoms. The van der Waals surface area contributed by atoms with Crippen molar-refractivity contribution in [3.8, 4) is 0 Å². The molecule has 1 saturated carbocycles. The van der Waals surface area contributed by atoms with Crippen molar-refractivity contribution >= 4 is 11.8 Å². The molecule has 5 atom stereocenters. The standard InChI is InChI=1S/C58H71N3O8/c1-42-26-31-49(37-48(42)36-44-29-27-43(28-30-44)24-17-25-50(62)60-56(32-15-16-33-56)54(63)59-34-35-61(4)5)58-53(67-40-47-22-13-8-14-23-47)51(65-38-45-18-9-6-10-19-45)52(66-39-46-20-11-7-12-21-46)57(69-58,41-68-58)55(2,3)64/h6-14,18-23,26-31,37,51-53,64H,15-17,24-25,32-36,38-41H2,1-5H3,(H,59,63)(H,60,62)/t51-,52-,53+,57-,58-/m0/s1. The summed E-state index contributed by atoms with van der Waals surface area (Å²) in [5.41, 5.74) is 4.62. The van der Waals surface area contributed by atoms with Crippen molar-refractivity contribution in [3.63, 3.8) is 0 Å². The number of carbonyl (C=O) groups is 2. The fourth-order valence-corrected chi connectivity index (χ4v) is 10.2. The predicted octanol–water partition coefficient (Wildman–Crippen LogP) is 8.49. The molecule has 8 rings (SSSR count). The highest BCUT2D eigenvalue weighted by Gasteiger charge is 2.73. The minimum absolute atomic E-state index is 0.0337. The van der Waals surface area contributed by atoms with Crippen LogP contribution in [0.5, 0.6) is 0 Å². The highest BCUT2D eigenvalue weighted by atomic mass is 16.8. The largest absolute Gasteiger partial charge is 0.387 e. The first-order chi connectivity index (χ1) is 33.3. The number of likely N-dealkylation sites (N-methyl/N-ethyl adjacent to an activating group) is 1. The molecule has 366 valence electrons. The van der Waals surface area contributed by atoms with Crippen LogP contribution in [0.15, 0.2) is 133 Å². The Balaban J connectivity index is 1.03. The van der Waals surface area contributed by atoms with Crippen LogP contribution < -0.4 is 10.6 Å². The summed E-state index contributed by atoms with van der Waals surface area (Å²) in [6.07, 6.45) is 3.28. The molecule has 2 saturated heterocycles. The molecular weight excluding hydrogens is 867 g/mol. The third-order valence-corrected chi connectivity index (χ3v) is 14.3. The van der Waals surface area contributed by atoms with Gasteiger partial charge in [0.1, 0.15) is 23.9 Å². The van der Waals surface area contributed by atoms with E-state index in [1.54, 1.807) is 13.8 Å². The first-order valence-electron chi connectivity index (χ1n) is 24.7. The number of hydrogen-bond acceptors (Lipinski definition) is 9. The van der Waals surface area contributed by atoms with Gasteiger partial charge in [-0.15, -0.1) is 0 Å². The molecule has 2 bridgehead atoms. The van der Waals surface area contributed by atoms with E-state index in [2.05, 4.69) is 54.0 Å². The second-order valence-corrected chi connectivity index (χ2v) is 20.1. The molecule has 0 spiro atoms. The molecular formula is C58H71N3O8. The zero-order valence-electron chi connectivity index (χ0n) is 41.1. The van der Waals surface area contributed by atoms with Gasteiger partial charge in [-0.05, 0) is 112 Å². The Morgan fingerprint density at radius 3 is 1.88 bits per heavy atom. The Labute approximate surface area is 408 Å². The summed E-state index contributed by atoms with van der Waals surface area (Å²) in [6, 6.07) is 45.0. The van der Waals surface area contributed by atoms with Gasteiger partial charge in [0, 0.05) is 25.1 Å². The number of amides is 2. The number of nitrogens with zero attached hydrogens (tertiary/aromatic N) is 1. The number of aryl methyl sites for hydroxylation is 2. The van der Waals surface area contributed by atoms with E-state index in [9.17, 15) is 14.7 Å². The highest BCUT2D eigenvalue weighted by Crippen LogP contribution is 2.56. The van der Waals surface area contributed by atoms with Gasteiger partial charge < -0.3 is 44.3 Å². The lowest BCUT2D eigenvalue weighted by Crippen LogP contribution is -2.72. The van der Waals surface area contributed by atoms with Crippen molar-refractivity contribution in [1.29, 1.82) is 0 Å². The topological polar surface area (TPSA) is 128 Å². The van der Waals surface area contributed by atoms with Crippen molar-refractivity contribution in [2.45, 2.75) is 133 Å². The Hall–Kier alpha value is -5.24. The van der Waals surface area contributed by atoms with Crippen LogP contribution in [0.25, 0.3) is 0 Å². The van der Waals surface area contributed by atoms with Crippen molar-refractivity contribution in [1.82, 2.24) is 15.5 Å². The van der Waals surface area contributed by atoms with Crippen molar-refractivity contribution in [3.05, 3.63) is 178 Å². The number of aliphatic hydroxyl groups is 1. The second kappa shape index (κ2) is 22.2. The van der Waals surface area contributed by atoms with E-state index in [-0.39, 0.29) is 38.2 Å². The van der Waals surface area contributed by atoms with E-state index >= 15 is 0 Å². The van der Waals surface area contributed by atoms with Crippen LogP contribution in [0.2, 0.25) is 0 Å². The molecule has 69 heavy (non-hydrogen) atoms. The van der Waals surface area contributed by atoms with Crippen LogP contribution in [0, 0.1) is 6.92 Å². The third kappa shape index (κ3) is 11.7. The summed E-state index contributed by atoms with van der Waals surface area (Å²) in [6.45, 7) is 7.76. The minimum atomic E-state index is -1.48. The van der Waals surface area contributed by atoms with Crippen LogP contribution in [0.4, 0.5) is 0 Å². The maximum Gasteiger partial charge on any atom is 0.245 e. The second-order valence-electron chi connectivity index (χ2n) is 20.1. The van der Waals surface area contributed by atoms with Crippen molar-refractivity contribution < 1.29 is 38.4 Å². The molecule has 0 unspecified atom stereocenters. The molecule has 2 heterocycles. The van der Waals surface area contributed by atoms with Crippen LogP contribution in [0.3, 0.4) is 0 Å². The quantitative estimate of drug-likeness (QED) is 0.0627. The van der Waals surface area contributed by atoms with E-state index in [4.69, 9.17) is 23.7 Å². The van der Waals surface area contributed by atoms with Gasteiger partial charge in [0.25, 0.3) is 0 Å². The normalized spacial score (nSPS) is 23.0. The molecule has 0 aromatic heterocycles. The number of fused-ring (bicyclic) bond motifs is 2. The van der Waals surface area contributed by atoms with E-state index < -0.39 is 40.8 Å². The SMILES string of the molecule is Cc1ccc([C@]23OC[C@](C(C)(C)O)(O2)[C@@H](OCc2ccccc2)[C@H](OCc2ccccc2)[C@H]3OCc2ccccc2)cc1Cc1ccc(CCCC(=O)NC2(C(=O)NCCN(C)C)CCCC2)cc1. The highest BCUT2D eigenvalue weighted by molar-refractivity contribution is 5.91. The van der Waals surface area contributed by atoms with Gasteiger partial charge in [-0.2, -0.15) is 0 Å². The van der Waals surface area contributed by atoms with Crippen molar-refractivity contribution in [2.75, 3.05) is 33.8 Å². The maximum atomic E-state index is 13.2. The van der Waals surface area contributed by atoms with Gasteiger partial charge in [-0.1, -0.05) is 140 Å². The summed E-state index contributed by atoms with van der Waals surface area (Å²) < 4.78 is 35.3. The summed E-state index contributed by atoms with van der Waals surface area (Å²) in [5.74, 6) is -1.62. The molecule has 3 N–H and O–H groups in total. The smallest absolute Gasteiger partial charge is 0.245 e. The predicted molar refractivity (Wildman–Crippen MR) is 267 cm³/mol. The summed E-state index contributed by atoms with van der Waals surface area (Å²) in [5, 5.41) is 18.4. The molecule has 0 radical (unpaired) electrons. The minimum Gasteiger partial charge on any atom is -0.387 e. The van der Waals surface area contributed by atoms with Crippen LogP contribution >= 0.6 is 0 Å². The van der Waals surface area contributed by atoms with Crippen molar-refractivity contribution in [2.24, 2.45) is 0 Å². The molecule has 2 aliphatic heterocycles. The van der Waals surface area contributed by atoms with E-state index in [1.807, 2.05) is 116 Å². The number of hydrogen-bond donors (Lipinski definition) is 3. The molecule has 1 aliphatic carbocycles. The lowest BCUT2D eigenvalue weighted by atomic mass is 9.74. The lowest BCUT2D eigenvalue weighted by Gasteiger charge is -2.54. The third-order valence-electron chi connectivity index (χ3n) is 14.3. The summed E-state index contributed by atoms with van der Waals surface area (Å²) >= 11 is 0. The van der Waals surface area contributed by atoms with Gasteiger partial charge in [0.05, 0.1) is 32.0 Å². The molecule has 3 fully saturated rings. The summed E-state index contributed by atoms with van der Waals surface area (Å²) in [4.78, 5) is 28.4. The lowest BCUT2D eigenvalue weighted by molar-refractivity contribution is -0.369. The van der Waals surface area contributed by atoms with Gasteiger partial charge >= 0.3 is 0 Å². The van der Waals surface area contributed by atoms with Gasteiger partial charge in [-0.3, -0.25) is 9.59 Å². The molecule has 5 aromatic carbocycles. The fourth-order valence-electron chi connectivity index (χ4n) is 10.2.